The van der Waals surface area contributed by atoms with Crippen LogP contribution in [0.2, 0.25) is 0 Å². The van der Waals surface area contributed by atoms with Gasteiger partial charge in [-0.15, -0.1) is 0 Å². The second kappa shape index (κ2) is 7.30. The van der Waals surface area contributed by atoms with Crippen LogP contribution in [0.15, 0.2) is 48.8 Å². The number of hydrogen-bond donors (Lipinski definition) is 1. The molecule has 134 valence electrons. The first kappa shape index (κ1) is 16.8. The molecule has 0 saturated carbocycles. The van der Waals surface area contributed by atoms with Gasteiger partial charge in [0, 0.05) is 43.5 Å². The lowest BCUT2D eigenvalue weighted by molar-refractivity contribution is -0.132. The zero-order valence-corrected chi connectivity index (χ0v) is 14.9. The topological polar surface area (TPSA) is 58.2 Å². The molecular weight excluding hydrogens is 326 g/mol. The zero-order chi connectivity index (χ0) is 17.9. The van der Waals surface area contributed by atoms with E-state index in [0.29, 0.717) is 6.42 Å². The van der Waals surface area contributed by atoms with Crippen molar-refractivity contribution < 1.29 is 9.53 Å². The van der Waals surface area contributed by atoms with Gasteiger partial charge in [0.05, 0.1) is 12.5 Å². The van der Waals surface area contributed by atoms with E-state index in [0.717, 1.165) is 53.7 Å². The van der Waals surface area contributed by atoms with Gasteiger partial charge in [-0.05, 0) is 30.0 Å². The minimum Gasteiger partial charge on any atom is -0.381 e. The second-order valence-corrected chi connectivity index (χ2v) is 6.79. The van der Waals surface area contributed by atoms with E-state index in [1.54, 1.807) is 7.11 Å². The molecule has 1 aromatic carbocycles. The predicted molar refractivity (Wildman–Crippen MR) is 102 cm³/mol. The number of amides is 1. The second-order valence-electron chi connectivity index (χ2n) is 6.79. The number of aromatic amines is 1. The van der Waals surface area contributed by atoms with Gasteiger partial charge in [-0.25, -0.2) is 4.98 Å². The van der Waals surface area contributed by atoms with Crippen LogP contribution in [-0.4, -0.2) is 47.1 Å². The number of benzene rings is 1. The maximum absolute atomic E-state index is 12.7. The molecule has 3 heterocycles. The van der Waals surface area contributed by atoms with E-state index in [1.807, 2.05) is 35.5 Å². The van der Waals surface area contributed by atoms with Gasteiger partial charge < -0.3 is 14.6 Å². The molecule has 2 aromatic heterocycles. The van der Waals surface area contributed by atoms with E-state index in [9.17, 15) is 4.79 Å². The minimum atomic E-state index is 0.172. The molecule has 4 rings (SSSR count). The molecule has 1 aliphatic rings. The number of carbonyl (C=O) groups excluding carboxylic acids is 1. The first-order valence-electron chi connectivity index (χ1n) is 9.06. The molecule has 1 N–H and O–H groups in total. The lowest BCUT2D eigenvalue weighted by atomic mass is 10.0. The summed E-state index contributed by atoms with van der Waals surface area (Å²) in [4.78, 5) is 22.4. The fourth-order valence-electron chi connectivity index (χ4n) is 3.61. The number of piperidine rings is 1. The maximum Gasteiger partial charge on any atom is 0.227 e. The quantitative estimate of drug-likeness (QED) is 0.785. The summed E-state index contributed by atoms with van der Waals surface area (Å²) in [6, 6.07) is 12.3. The highest BCUT2D eigenvalue weighted by atomic mass is 16.5. The standard InChI is InChI=1S/C21H23N3O2/c1-26-18-7-9-24(10-8-18)20(25)12-17-14-23-21-19(17)11-16(13-22-21)15-5-3-2-4-6-15/h2-6,11,13-14,18H,7-10,12H2,1H3,(H,22,23). The summed E-state index contributed by atoms with van der Waals surface area (Å²) in [5.74, 6) is 0.172. The van der Waals surface area contributed by atoms with Crippen molar-refractivity contribution >= 4 is 16.9 Å². The van der Waals surface area contributed by atoms with Crippen LogP contribution in [0.3, 0.4) is 0 Å². The fourth-order valence-corrected chi connectivity index (χ4v) is 3.61. The third-order valence-electron chi connectivity index (χ3n) is 5.19. The van der Waals surface area contributed by atoms with Gasteiger partial charge >= 0.3 is 0 Å². The zero-order valence-electron chi connectivity index (χ0n) is 14.9. The molecule has 5 nitrogen and oxygen atoms in total. The Bertz CT molecular complexity index is 896. The third-order valence-corrected chi connectivity index (χ3v) is 5.19. The molecule has 1 saturated heterocycles. The van der Waals surface area contributed by atoms with Gasteiger partial charge in [0.25, 0.3) is 0 Å². The molecule has 1 amide bonds. The normalized spacial score (nSPS) is 15.5. The number of H-pyrrole nitrogens is 1. The minimum absolute atomic E-state index is 0.172. The molecule has 3 aromatic rings. The smallest absolute Gasteiger partial charge is 0.227 e. The van der Waals surface area contributed by atoms with Crippen molar-refractivity contribution in [2.75, 3.05) is 20.2 Å². The number of ether oxygens (including phenoxy) is 1. The Balaban J connectivity index is 1.54. The molecule has 26 heavy (non-hydrogen) atoms. The Hall–Kier alpha value is -2.66. The summed E-state index contributed by atoms with van der Waals surface area (Å²) >= 11 is 0. The molecule has 1 aliphatic heterocycles. The molecule has 0 radical (unpaired) electrons. The van der Waals surface area contributed by atoms with Gasteiger partial charge in [-0.1, -0.05) is 30.3 Å². The number of aromatic nitrogens is 2. The third kappa shape index (κ3) is 3.35. The SMILES string of the molecule is COC1CCN(C(=O)Cc2c[nH]c3ncc(-c4ccccc4)cc23)CC1. The van der Waals surface area contributed by atoms with Gasteiger partial charge in [-0.2, -0.15) is 0 Å². The number of likely N-dealkylation sites (tertiary alicyclic amines) is 1. The highest BCUT2D eigenvalue weighted by Gasteiger charge is 2.23. The number of fused-ring (bicyclic) bond motifs is 1. The van der Waals surface area contributed by atoms with Crippen LogP contribution in [0.25, 0.3) is 22.2 Å². The monoisotopic (exact) mass is 349 g/mol. The van der Waals surface area contributed by atoms with Gasteiger partial charge in [0.1, 0.15) is 5.65 Å². The summed E-state index contributed by atoms with van der Waals surface area (Å²) in [6.07, 6.45) is 6.29. The Morgan fingerprint density at radius 1 is 1.23 bits per heavy atom. The molecule has 0 bridgehead atoms. The van der Waals surface area contributed by atoms with Gasteiger partial charge in [0.2, 0.25) is 5.91 Å². The van der Waals surface area contributed by atoms with Crippen molar-refractivity contribution in [3.8, 4) is 11.1 Å². The van der Waals surface area contributed by atoms with E-state index in [2.05, 4.69) is 28.2 Å². The van der Waals surface area contributed by atoms with Crippen LogP contribution in [0, 0.1) is 0 Å². The van der Waals surface area contributed by atoms with E-state index in [4.69, 9.17) is 4.74 Å². The van der Waals surface area contributed by atoms with Crippen LogP contribution in [-0.2, 0) is 16.0 Å². The van der Waals surface area contributed by atoms with Crippen LogP contribution < -0.4 is 0 Å². The number of hydrogen-bond acceptors (Lipinski definition) is 3. The Kier molecular flexibility index (Phi) is 4.71. The first-order valence-corrected chi connectivity index (χ1v) is 9.06. The molecule has 0 aliphatic carbocycles. The number of carbonyl (C=O) groups is 1. The van der Waals surface area contributed by atoms with Gasteiger partial charge in [-0.3, -0.25) is 4.79 Å². The molecule has 1 fully saturated rings. The van der Waals surface area contributed by atoms with Crippen molar-refractivity contribution in [3.63, 3.8) is 0 Å². The van der Waals surface area contributed by atoms with E-state index >= 15 is 0 Å². The van der Waals surface area contributed by atoms with E-state index < -0.39 is 0 Å². The number of rotatable bonds is 4. The number of nitrogens with zero attached hydrogens (tertiary/aromatic N) is 2. The summed E-state index contributed by atoms with van der Waals surface area (Å²) < 4.78 is 5.39. The van der Waals surface area contributed by atoms with E-state index in [-0.39, 0.29) is 12.0 Å². The summed E-state index contributed by atoms with van der Waals surface area (Å²) in [5.41, 5.74) is 4.02. The van der Waals surface area contributed by atoms with Crippen molar-refractivity contribution in [1.29, 1.82) is 0 Å². The van der Waals surface area contributed by atoms with Crippen molar-refractivity contribution in [3.05, 3.63) is 54.4 Å². The summed E-state index contributed by atoms with van der Waals surface area (Å²) in [5, 5.41) is 1.02. The Labute approximate surface area is 153 Å². The van der Waals surface area contributed by atoms with Crippen LogP contribution in [0.4, 0.5) is 0 Å². The average molecular weight is 349 g/mol. The molecule has 5 heteroatoms. The Morgan fingerprint density at radius 3 is 2.73 bits per heavy atom. The summed E-state index contributed by atoms with van der Waals surface area (Å²) in [7, 11) is 1.74. The number of nitrogens with one attached hydrogen (secondary N) is 1. The fraction of sp³-hybridized carbons (Fsp3) is 0.333. The van der Waals surface area contributed by atoms with Crippen LogP contribution >= 0.6 is 0 Å². The van der Waals surface area contributed by atoms with Crippen molar-refractivity contribution in [2.45, 2.75) is 25.4 Å². The first-order chi connectivity index (χ1) is 12.7. The largest absolute Gasteiger partial charge is 0.381 e. The van der Waals surface area contributed by atoms with Crippen LogP contribution in [0.5, 0.6) is 0 Å². The lowest BCUT2D eigenvalue weighted by Crippen LogP contribution is -2.41. The van der Waals surface area contributed by atoms with E-state index in [1.165, 1.54) is 0 Å². The number of pyridine rings is 1. The number of methoxy groups -OCH3 is 1. The highest BCUT2D eigenvalue weighted by Crippen LogP contribution is 2.25. The molecular formula is C21H23N3O2. The predicted octanol–water partition coefficient (Wildman–Crippen LogP) is 3.41. The molecule has 0 unspecified atom stereocenters. The van der Waals surface area contributed by atoms with Crippen molar-refractivity contribution in [2.24, 2.45) is 0 Å². The van der Waals surface area contributed by atoms with Gasteiger partial charge in [0.15, 0.2) is 0 Å². The summed E-state index contributed by atoms with van der Waals surface area (Å²) in [6.45, 7) is 1.54. The Morgan fingerprint density at radius 2 is 2.00 bits per heavy atom. The lowest BCUT2D eigenvalue weighted by Gasteiger charge is -2.31. The van der Waals surface area contributed by atoms with Crippen LogP contribution in [0.1, 0.15) is 18.4 Å². The molecule has 0 spiro atoms. The average Bonchev–Trinajstić information content (AvgIpc) is 3.10. The van der Waals surface area contributed by atoms with Crippen molar-refractivity contribution in [1.82, 2.24) is 14.9 Å². The maximum atomic E-state index is 12.7. The molecule has 0 atom stereocenters. The highest BCUT2D eigenvalue weighted by molar-refractivity contribution is 5.89.